The molecule has 6 heteroatoms. The minimum Gasteiger partial charge on any atom is -0.481 e. The Morgan fingerprint density at radius 1 is 1.29 bits per heavy atom. The summed E-state index contributed by atoms with van der Waals surface area (Å²) in [6.45, 7) is 0.657. The third-order valence-corrected chi connectivity index (χ3v) is 4.71. The summed E-state index contributed by atoms with van der Waals surface area (Å²) in [4.78, 5) is 25.6. The van der Waals surface area contributed by atoms with Crippen molar-refractivity contribution in [3.05, 3.63) is 22.4 Å². The van der Waals surface area contributed by atoms with Crippen molar-refractivity contribution in [1.29, 1.82) is 0 Å². The molecular formula is C15H19BrN2O3. The van der Waals surface area contributed by atoms with E-state index in [9.17, 15) is 9.59 Å². The van der Waals surface area contributed by atoms with Gasteiger partial charge in [-0.15, -0.1) is 0 Å². The van der Waals surface area contributed by atoms with E-state index in [-0.39, 0.29) is 18.4 Å². The van der Waals surface area contributed by atoms with Crippen LogP contribution in [0.1, 0.15) is 55.1 Å². The van der Waals surface area contributed by atoms with Crippen LogP contribution >= 0.6 is 15.9 Å². The van der Waals surface area contributed by atoms with Crippen molar-refractivity contribution >= 4 is 27.8 Å². The monoisotopic (exact) mass is 354 g/mol. The normalized spacial score (nSPS) is 22.3. The largest absolute Gasteiger partial charge is 0.481 e. The lowest BCUT2D eigenvalue weighted by atomic mass is 9.99. The van der Waals surface area contributed by atoms with Gasteiger partial charge in [-0.25, -0.2) is 0 Å². The number of carbonyl (C=O) groups excluding carboxylic acids is 1. The van der Waals surface area contributed by atoms with E-state index in [1.54, 1.807) is 4.90 Å². The third-order valence-electron chi connectivity index (χ3n) is 4.27. The van der Waals surface area contributed by atoms with E-state index in [1.807, 2.05) is 16.8 Å². The van der Waals surface area contributed by atoms with Gasteiger partial charge in [-0.3, -0.25) is 9.59 Å². The zero-order valence-electron chi connectivity index (χ0n) is 11.8. The predicted molar refractivity (Wildman–Crippen MR) is 81.3 cm³/mol. The van der Waals surface area contributed by atoms with Gasteiger partial charge in [0.05, 0.1) is 6.42 Å². The second-order valence-electron chi connectivity index (χ2n) is 5.93. The number of hydrogen-bond donors (Lipinski definition) is 1. The highest BCUT2D eigenvalue weighted by atomic mass is 79.9. The van der Waals surface area contributed by atoms with Gasteiger partial charge in [0, 0.05) is 29.3 Å². The van der Waals surface area contributed by atoms with Gasteiger partial charge in [0.2, 0.25) is 0 Å². The number of carboxylic acids is 1. The van der Waals surface area contributed by atoms with Gasteiger partial charge in [-0.1, -0.05) is 0 Å². The van der Waals surface area contributed by atoms with E-state index in [1.165, 1.54) is 0 Å². The fourth-order valence-corrected chi connectivity index (χ4v) is 3.54. The van der Waals surface area contributed by atoms with Crippen molar-refractivity contribution in [2.45, 2.75) is 50.6 Å². The lowest BCUT2D eigenvalue weighted by Gasteiger charge is -2.35. The van der Waals surface area contributed by atoms with E-state index in [2.05, 4.69) is 15.9 Å². The molecule has 1 amide bonds. The quantitative estimate of drug-likeness (QED) is 0.903. The molecule has 0 bridgehead atoms. The number of aromatic nitrogens is 1. The molecule has 1 N–H and O–H groups in total. The number of amides is 1. The number of piperidine rings is 1. The highest BCUT2D eigenvalue weighted by Gasteiger charge is 2.33. The van der Waals surface area contributed by atoms with Gasteiger partial charge >= 0.3 is 5.97 Å². The highest BCUT2D eigenvalue weighted by Crippen LogP contribution is 2.38. The number of likely N-dealkylation sites (tertiary alicyclic amines) is 1. The topological polar surface area (TPSA) is 62.5 Å². The Morgan fingerprint density at radius 2 is 2.05 bits per heavy atom. The molecule has 5 nitrogen and oxygen atoms in total. The van der Waals surface area contributed by atoms with Gasteiger partial charge in [0.15, 0.2) is 0 Å². The van der Waals surface area contributed by atoms with Gasteiger partial charge in [-0.05, 0) is 54.1 Å². The summed E-state index contributed by atoms with van der Waals surface area (Å²) < 4.78 is 2.95. The Kier molecular flexibility index (Phi) is 4.06. The van der Waals surface area contributed by atoms with Crippen LogP contribution in [-0.4, -0.2) is 39.0 Å². The fourth-order valence-electron chi connectivity index (χ4n) is 3.10. The van der Waals surface area contributed by atoms with Crippen molar-refractivity contribution in [3.8, 4) is 0 Å². The second-order valence-corrected chi connectivity index (χ2v) is 6.84. The highest BCUT2D eigenvalue weighted by molar-refractivity contribution is 9.10. The first-order valence-corrected chi connectivity index (χ1v) is 8.25. The second kappa shape index (κ2) is 5.83. The molecule has 1 aliphatic heterocycles. The molecule has 0 aromatic carbocycles. The number of carbonyl (C=O) groups is 2. The first-order chi connectivity index (χ1) is 10.1. The minimum atomic E-state index is -0.835. The minimum absolute atomic E-state index is 0.0291. The molecule has 1 saturated heterocycles. The summed E-state index contributed by atoms with van der Waals surface area (Å²) in [6.07, 6.45) is 6.95. The van der Waals surface area contributed by atoms with Crippen LogP contribution in [0, 0.1) is 0 Å². The maximum Gasteiger partial charge on any atom is 0.305 e. The molecule has 21 heavy (non-hydrogen) atoms. The number of hydrogen-bond acceptors (Lipinski definition) is 2. The molecule has 1 saturated carbocycles. The Balaban J connectivity index is 1.83. The summed E-state index contributed by atoms with van der Waals surface area (Å²) in [5.41, 5.74) is 0.682. The molecule has 1 aromatic rings. The van der Waals surface area contributed by atoms with Crippen LogP contribution in [0.25, 0.3) is 0 Å². The maximum absolute atomic E-state index is 12.8. The average molecular weight is 355 g/mol. The molecule has 2 heterocycles. The molecular weight excluding hydrogens is 336 g/mol. The fraction of sp³-hybridized carbons (Fsp3) is 0.600. The van der Waals surface area contributed by atoms with Crippen molar-refractivity contribution in [2.75, 3.05) is 6.54 Å². The number of halogens is 1. The van der Waals surface area contributed by atoms with Crippen LogP contribution in [0.15, 0.2) is 16.7 Å². The Hall–Kier alpha value is -1.30. The summed E-state index contributed by atoms with van der Waals surface area (Å²) in [5, 5.41) is 9.04. The van der Waals surface area contributed by atoms with Crippen LogP contribution < -0.4 is 0 Å². The van der Waals surface area contributed by atoms with Crippen LogP contribution in [0.2, 0.25) is 0 Å². The maximum atomic E-state index is 12.8. The van der Waals surface area contributed by atoms with Crippen molar-refractivity contribution in [2.24, 2.45) is 0 Å². The zero-order valence-corrected chi connectivity index (χ0v) is 13.4. The molecule has 2 aliphatic rings. The van der Waals surface area contributed by atoms with E-state index in [4.69, 9.17) is 5.11 Å². The van der Waals surface area contributed by atoms with Gasteiger partial charge in [0.25, 0.3) is 5.91 Å². The summed E-state index contributed by atoms with van der Waals surface area (Å²) >= 11 is 3.44. The van der Waals surface area contributed by atoms with E-state index in [0.717, 1.165) is 36.6 Å². The van der Waals surface area contributed by atoms with Crippen LogP contribution in [-0.2, 0) is 4.79 Å². The smallest absolute Gasteiger partial charge is 0.305 e. The average Bonchev–Trinajstić information content (AvgIpc) is 3.21. The number of carboxylic acid groups (broad SMARTS) is 1. The van der Waals surface area contributed by atoms with Gasteiger partial charge in [-0.2, -0.15) is 0 Å². The van der Waals surface area contributed by atoms with E-state index >= 15 is 0 Å². The summed E-state index contributed by atoms with van der Waals surface area (Å²) in [5.74, 6) is -0.864. The third kappa shape index (κ3) is 3.15. The van der Waals surface area contributed by atoms with Gasteiger partial charge < -0.3 is 14.6 Å². The number of rotatable bonds is 4. The van der Waals surface area contributed by atoms with Crippen LogP contribution in [0.5, 0.6) is 0 Å². The lowest BCUT2D eigenvalue weighted by Crippen LogP contribution is -2.45. The molecule has 3 rings (SSSR count). The van der Waals surface area contributed by atoms with Gasteiger partial charge in [0.1, 0.15) is 5.69 Å². The van der Waals surface area contributed by atoms with Crippen molar-refractivity contribution in [3.63, 3.8) is 0 Å². The van der Waals surface area contributed by atoms with Crippen molar-refractivity contribution < 1.29 is 14.7 Å². The standard InChI is InChI=1S/C15H19BrN2O3/c16-10-7-13(18(9-10)11-4-5-11)15(21)17-6-2-1-3-12(17)8-14(19)20/h7,9,11-12H,1-6,8H2,(H,19,20). The predicted octanol–water partition coefficient (Wildman–Crippen LogP) is 3.05. The SMILES string of the molecule is O=C(O)CC1CCCCN1C(=O)c1cc(Br)cn1C1CC1. The Bertz CT molecular complexity index is 565. The molecule has 1 atom stereocenters. The zero-order chi connectivity index (χ0) is 15.0. The van der Waals surface area contributed by atoms with Crippen LogP contribution in [0.4, 0.5) is 0 Å². The molecule has 2 fully saturated rings. The van der Waals surface area contributed by atoms with Crippen LogP contribution in [0.3, 0.4) is 0 Å². The first-order valence-electron chi connectivity index (χ1n) is 7.46. The molecule has 1 aromatic heterocycles. The lowest BCUT2D eigenvalue weighted by molar-refractivity contribution is -0.138. The number of aliphatic carboxylic acids is 1. The van der Waals surface area contributed by atoms with Crippen molar-refractivity contribution in [1.82, 2.24) is 9.47 Å². The molecule has 1 unspecified atom stereocenters. The summed E-state index contributed by atoms with van der Waals surface area (Å²) in [7, 11) is 0. The Morgan fingerprint density at radius 3 is 2.71 bits per heavy atom. The number of nitrogens with zero attached hydrogens (tertiary/aromatic N) is 2. The summed E-state index contributed by atoms with van der Waals surface area (Å²) in [6, 6.07) is 2.11. The first kappa shape index (κ1) is 14.6. The Labute approximate surface area is 132 Å². The molecule has 0 radical (unpaired) electrons. The van der Waals surface area contributed by atoms with E-state index in [0.29, 0.717) is 18.3 Å². The molecule has 114 valence electrons. The molecule has 0 spiro atoms. The molecule has 1 aliphatic carbocycles. The van der Waals surface area contributed by atoms with E-state index < -0.39 is 5.97 Å².